The zero-order valence-corrected chi connectivity index (χ0v) is 26.2. The second kappa shape index (κ2) is 17.9. The van der Waals surface area contributed by atoms with Crippen molar-refractivity contribution in [2.24, 2.45) is 0 Å². The monoisotopic (exact) mass is 710 g/mol. The topological polar surface area (TPSA) is 77.4 Å². The van der Waals surface area contributed by atoms with E-state index in [2.05, 4.69) is 18.9 Å². The lowest BCUT2D eigenvalue weighted by atomic mass is 9.66. The van der Waals surface area contributed by atoms with E-state index in [1.807, 2.05) is 0 Å². The first kappa shape index (κ1) is 39.8. The Morgan fingerprint density at radius 2 is 0.714 bits per heavy atom. The Hall–Kier alpha value is -3.63. The molecule has 0 aliphatic rings. The van der Waals surface area contributed by atoms with E-state index in [0.29, 0.717) is 42.4 Å². The molecule has 3 aromatic rings. The summed E-state index contributed by atoms with van der Waals surface area (Å²) < 4.78 is 133. The van der Waals surface area contributed by atoms with E-state index in [1.54, 1.807) is 0 Å². The molecule has 3 aromatic carbocycles. The highest BCUT2D eigenvalue weighted by Crippen LogP contribution is 2.45. The highest BCUT2D eigenvalue weighted by atomic mass is 19.4. The van der Waals surface area contributed by atoms with Gasteiger partial charge in [-0.2, -0.15) is 0 Å². The van der Waals surface area contributed by atoms with Gasteiger partial charge in [0, 0.05) is 12.0 Å². The quantitative estimate of drug-likeness (QED) is 0.0559. The molecule has 0 spiro atoms. The maximum atomic E-state index is 12.9. The normalized spacial score (nSPS) is 12.6. The number of rotatable bonds is 19. The van der Waals surface area contributed by atoms with Crippen LogP contribution < -0.4 is 14.2 Å². The van der Waals surface area contributed by atoms with Crippen molar-refractivity contribution in [2.45, 2.75) is 88.7 Å². The van der Waals surface area contributed by atoms with E-state index in [1.165, 1.54) is 36.4 Å². The van der Waals surface area contributed by atoms with E-state index in [4.69, 9.17) is 10.0 Å². The number of hydrogen-bond acceptors (Lipinski definition) is 6. The van der Waals surface area contributed by atoms with Crippen LogP contribution in [0.1, 0.15) is 80.9 Å². The van der Waals surface area contributed by atoms with Crippen LogP contribution in [-0.2, 0) is 10.1 Å². The van der Waals surface area contributed by atoms with Gasteiger partial charge in [0.15, 0.2) is 0 Å². The third-order valence-corrected chi connectivity index (χ3v) is 7.71. The molecule has 16 heteroatoms. The van der Waals surface area contributed by atoms with E-state index in [9.17, 15) is 39.5 Å². The lowest BCUT2D eigenvalue weighted by molar-refractivity contribution is -0.275. The Labute approximate surface area is 277 Å². The first-order valence-electron chi connectivity index (χ1n) is 15.5. The maximum absolute atomic E-state index is 12.9. The predicted molar refractivity (Wildman–Crippen MR) is 162 cm³/mol. The van der Waals surface area contributed by atoms with Gasteiger partial charge in [-0.3, -0.25) is 0 Å². The largest absolute Gasteiger partial charge is 0.633 e. The van der Waals surface area contributed by atoms with Crippen molar-refractivity contribution >= 4 is 7.32 Å². The molecule has 270 valence electrons. The van der Waals surface area contributed by atoms with Gasteiger partial charge in [-0.25, -0.2) is 0 Å². The molecule has 0 aliphatic carbocycles. The average molecular weight is 710 g/mol. The van der Waals surface area contributed by atoms with Gasteiger partial charge in [-0.05, 0) is 65.9 Å². The summed E-state index contributed by atoms with van der Waals surface area (Å²) in [4.78, 5) is 0. The van der Waals surface area contributed by atoms with Crippen LogP contribution in [0.25, 0.3) is 0 Å². The van der Waals surface area contributed by atoms with Crippen LogP contribution in [-0.4, -0.2) is 43.1 Å². The van der Waals surface area contributed by atoms with Crippen molar-refractivity contribution in [1.29, 1.82) is 0 Å². The molecular weight excluding hydrogens is 674 g/mol. The van der Waals surface area contributed by atoms with Crippen LogP contribution in [0.5, 0.6) is 17.2 Å². The summed E-state index contributed by atoms with van der Waals surface area (Å²) in [6, 6.07) is 14.9. The van der Waals surface area contributed by atoms with Gasteiger partial charge in [-0.15, -0.1) is 39.5 Å². The van der Waals surface area contributed by atoms with Crippen LogP contribution in [0.4, 0.5) is 39.5 Å². The smallest absolute Gasteiger partial charge is 0.406 e. The van der Waals surface area contributed by atoms with Gasteiger partial charge in [0.2, 0.25) is 0 Å². The fourth-order valence-electron chi connectivity index (χ4n) is 5.67. The van der Waals surface area contributed by atoms with Crippen molar-refractivity contribution in [3.63, 3.8) is 0 Å². The van der Waals surface area contributed by atoms with Crippen molar-refractivity contribution in [1.82, 2.24) is 0 Å². The summed E-state index contributed by atoms with van der Waals surface area (Å²) in [5.41, 5.74) is 0.0465. The van der Waals surface area contributed by atoms with Gasteiger partial charge in [0.05, 0.1) is 0 Å². The maximum Gasteiger partial charge on any atom is 0.633 e. The van der Waals surface area contributed by atoms with Crippen LogP contribution >= 0.6 is 0 Å². The number of benzene rings is 3. The molecule has 3 rings (SSSR count). The first-order chi connectivity index (χ1) is 23.0. The van der Waals surface area contributed by atoms with Crippen LogP contribution in [0, 0.1) is 0 Å². The Bertz CT molecular complexity index is 1230. The van der Waals surface area contributed by atoms with Gasteiger partial charge >= 0.3 is 26.4 Å². The molecule has 0 atom stereocenters. The third-order valence-electron chi connectivity index (χ3n) is 7.71. The minimum atomic E-state index is -4.96. The first-order valence-corrected chi connectivity index (χ1v) is 15.5. The van der Waals surface area contributed by atoms with Gasteiger partial charge in [-0.1, -0.05) is 87.8 Å². The molecule has 0 aliphatic heterocycles. The second-order valence-electron chi connectivity index (χ2n) is 11.3. The van der Waals surface area contributed by atoms with Crippen molar-refractivity contribution in [3.8, 4) is 17.2 Å². The number of ether oxygens (including phenoxy) is 3. The molecule has 0 saturated heterocycles. The lowest BCUT2D eigenvalue weighted by Gasteiger charge is -2.36. The molecule has 0 fully saturated rings. The third kappa shape index (κ3) is 14.0. The summed E-state index contributed by atoms with van der Waals surface area (Å²) in [7, 11) is -1.79. The lowest BCUT2D eigenvalue weighted by Crippen LogP contribution is -2.30. The summed E-state index contributed by atoms with van der Waals surface area (Å²) in [6.45, 7) is 0.244. The summed E-state index contributed by atoms with van der Waals surface area (Å²) in [5, 5.41) is 17.4. The van der Waals surface area contributed by atoms with Crippen LogP contribution in [0.2, 0.25) is 0 Å². The van der Waals surface area contributed by atoms with Crippen molar-refractivity contribution in [2.75, 3.05) is 6.61 Å². The molecule has 49 heavy (non-hydrogen) atoms. The Morgan fingerprint density at radius 1 is 0.429 bits per heavy atom. The minimum Gasteiger partial charge on any atom is -0.406 e. The van der Waals surface area contributed by atoms with Gasteiger partial charge in [0.25, 0.3) is 0 Å². The number of halogens is 9. The molecular formula is C33H36BF9O6. The van der Waals surface area contributed by atoms with Gasteiger partial charge < -0.3 is 28.9 Å². The fraction of sp³-hybridized carbons (Fsp3) is 0.455. The molecule has 0 heterocycles. The average Bonchev–Trinajstić information content (AvgIpc) is 2.99. The van der Waals surface area contributed by atoms with Gasteiger partial charge in [0.1, 0.15) is 17.2 Å². The second-order valence-corrected chi connectivity index (χ2v) is 11.3. The zero-order valence-electron chi connectivity index (χ0n) is 26.2. The molecule has 0 radical (unpaired) electrons. The number of hydrogen-bond donors (Lipinski definition) is 2. The predicted octanol–water partition coefficient (Wildman–Crippen LogP) is 9.60. The Kier molecular flexibility index (Phi) is 14.5. The van der Waals surface area contributed by atoms with Crippen LogP contribution in [0.15, 0.2) is 72.8 Å². The standard InChI is InChI=1S/C33H36BF9O6/c35-31(36,37)47-27-16-10-24(11-17-27)30(25-12-18-28(19-13-25)48-32(38,39)40,26-14-20-29(21-15-26)49-33(41,42)43)22-8-6-4-2-1-3-5-7-9-23-46-34(44)45/h10-21,44-45H,1-9,22-23H2. The Balaban J connectivity index is 1.89. The summed E-state index contributed by atoms with van der Waals surface area (Å²) in [6.07, 6.45) is -7.22. The molecule has 0 saturated carbocycles. The zero-order chi connectivity index (χ0) is 36.1. The molecule has 0 amide bonds. The molecule has 0 aromatic heterocycles. The van der Waals surface area contributed by atoms with E-state index in [0.717, 1.165) is 74.9 Å². The van der Waals surface area contributed by atoms with E-state index >= 15 is 0 Å². The fourth-order valence-corrected chi connectivity index (χ4v) is 5.67. The molecule has 6 nitrogen and oxygen atoms in total. The van der Waals surface area contributed by atoms with Crippen LogP contribution in [0.3, 0.4) is 0 Å². The molecule has 2 N–H and O–H groups in total. The molecule has 0 bridgehead atoms. The highest BCUT2D eigenvalue weighted by Gasteiger charge is 2.38. The minimum absolute atomic E-state index is 0.244. The molecule has 0 unspecified atom stereocenters. The SMILES string of the molecule is OB(O)OCCCCCCCCCCCC(c1ccc(OC(F)(F)F)cc1)(c1ccc(OC(F)(F)F)cc1)c1ccc(OC(F)(F)F)cc1. The highest BCUT2D eigenvalue weighted by molar-refractivity contribution is 6.32. The van der Waals surface area contributed by atoms with E-state index < -0.39 is 49.1 Å². The summed E-state index contributed by atoms with van der Waals surface area (Å²) >= 11 is 0. The van der Waals surface area contributed by atoms with Crippen molar-refractivity contribution in [3.05, 3.63) is 89.5 Å². The Morgan fingerprint density at radius 3 is 1.00 bits per heavy atom. The summed E-state index contributed by atoms with van der Waals surface area (Å²) in [5.74, 6) is -1.52. The number of alkyl halides is 9. The van der Waals surface area contributed by atoms with Crippen molar-refractivity contribution < 1.29 is 68.4 Å². The van der Waals surface area contributed by atoms with E-state index in [-0.39, 0.29) is 6.61 Å². The number of unbranched alkanes of at least 4 members (excludes halogenated alkanes) is 8.